The Hall–Kier alpha value is -1.93. The largest absolute Gasteiger partial charge is 0.480 e. The number of hydrogen-bond acceptors (Lipinski definition) is 5. The van der Waals surface area contributed by atoms with Crippen molar-refractivity contribution in [2.75, 3.05) is 19.6 Å². The van der Waals surface area contributed by atoms with Gasteiger partial charge in [-0.1, -0.05) is 6.92 Å². The summed E-state index contributed by atoms with van der Waals surface area (Å²) in [5.41, 5.74) is 0.0926. The molecule has 1 fully saturated rings. The molecule has 0 saturated carbocycles. The Kier molecular flexibility index (Phi) is 4.94. The van der Waals surface area contributed by atoms with Crippen molar-refractivity contribution < 1.29 is 9.90 Å². The predicted octanol–water partition coefficient (Wildman–Crippen LogP) is 1.53. The van der Waals surface area contributed by atoms with Crippen molar-refractivity contribution in [3.05, 3.63) is 31.3 Å². The quantitative estimate of drug-likeness (QED) is 0.836. The van der Waals surface area contributed by atoms with E-state index in [0.29, 0.717) is 17.8 Å². The summed E-state index contributed by atoms with van der Waals surface area (Å²) < 4.78 is 2.55. The summed E-state index contributed by atoms with van der Waals surface area (Å²) in [5.74, 6) is -0.676. The number of likely N-dealkylation sites (tertiary alicyclic amines) is 1. The molecule has 0 radical (unpaired) electrons. The van der Waals surface area contributed by atoms with Crippen LogP contribution in [0.1, 0.15) is 36.6 Å². The lowest BCUT2D eigenvalue weighted by atomic mass is 9.89. The zero-order valence-corrected chi connectivity index (χ0v) is 16.4. The average Bonchev–Trinajstić information content (AvgIpc) is 3.25. The van der Waals surface area contributed by atoms with Gasteiger partial charge in [0.15, 0.2) is 0 Å². The third-order valence-electron chi connectivity index (χ3n) is 5.79. The topological polar surface area (TPSA) is 84.5 Å². The van der Waals surface area contributed by atoms with E-state index in [1.54, 1.807) is 15.9 Å². The third-order valence-corrected chi connectivity index (χ3v) is 7.10. The second-order valence-electron chi connectivity index (χ2n) is 7.80. The minimum absolute atomic E-state index is 0.443. The van der Waals surface area contributed by atoms with Crippen molar-refractivity contribution in [1.82, 2.24) is 14.0 Å². The number of thiophene rings is 1. The van der Waals surface area contributed by atoms with E-state index in [1.807, 2.05) is 0 Å². The molecule has 4 rings (SSSR count). The maximum atomic E-state index is 13.0. The van der Waals surface area contributed by atoms with Crippen LogP contribution in [0.2, 0.25) is 0 Å². The number of aliphatic carboxylic acids is 1. The first-order valence-electron chi connectivity index (χ1n) is 9.67. The Bertz CT molecular complexity index is 997. The lowest BCUT2D eigenvalue weighted by Crippen LogP contribution is -2.42. The highest BCUT2D eigenvalue weighted by Crippen LogP contribution is 2.36. The molecule has 1 unspecified atom stereocenters. The van der Waals surface area contributed by atoms with Crippen molar-refractivity contribution >= 4 is 27.5 Å². The number of carboxylic acids is 1. The first kappa shape index (κ1) is 18.4. The molecule has 0 aromatic carbocycles. The third kappa shape index (κ3) is 3.36. The van der Waals surface area contributed by atoms with Gasteiger partial charge < -0.3 is 10.0 Å². The molecular formula is C19H25N3O4S. The summed E-state index contributed by atoms with van der Waals surface area (Å²) >= 11 is 1.55. The normalized spacial score (nSPS) is 20.3. The molecule has 1 N–H and O–H groups in total. The lowest BCUT2D eigenvalue weighted by molar-refractivity contribution is -0.137. The fraction of sp³-hybridized carbons (Fsp3) is 0.632. The molecule has 3 heterocycles. The molecule has 0 spiro atoms. The number of rotatable bonds is 5. The molecule has 8 heteroatoms. The minimum Gasteiger partial charge on any atom is -0.480 e. The van der Waals surface area contributed by atoms with E-state index in [4.69, 9.17) is 0 Å². The fourth-order valence-electron chi connectivity index (χ4n) is 4.33. The van der Waals surface area contributed by atoms with E-state index in [2.05, 4.69) is 11.8 Å². The van der Waals surface area contributed by atoms with Gasteiger partial charge in [-0.2, -0.15) is 0 Å². The van der Waals surface area contributed by atoms with E-state index < -0.39 is 23.8 Å². The molecule has 0 bridgehead atoms. The van der Waals surface area contributed by atoms with Crippen LogP contribution in [-0.2, 0) is 30.7 Å². The maximum absolute atomic E-state index is 13.0. The Morgan fingerprint density at radius 1 is 1.19 bits per heavy atom. The van der Waals surface area contributed by atoms with Gasteiger partial charge in [0.05, 0.1) is 5.39 Å². The standard InChI is InChI=1S/C19H25N3O4S/c1-12-4-5-14-13(10-12)16-17(25)22(11-15(23)24)19(26)21(18(16)27-14)9-8-20-6-2-3-7-20/h12H,2-11H2,1H3,(H,23,24). The summed E-state index contributed by atoms with van der Waals surface area (Å²) in [5, 5.41) is 9.77. The van der Waals surface area contributed by atoms with Gasteiger partial charge in [0.2, 0.25) is 0 Å². The lowest BCUT2D eigenvalue weighted by Gasteiger charge is -2.18. The van der Waals surface area contributed by atoms with Crippen LogP contribution in [0, 0.1) is 5.92 Å². The number of aryl methyl sites for hydroxylation is 1. The molecule has 1 aliphatic carbocycles. The van der Waals surface area contributed by atoms with Gasteiger partial charge in [0.25, 0.3) is 5.56 Å². The van der Waals surface area contributed by atoms with E-state index >= 15 is 0 Å². The van der Waals surface area contributed by atoms with Crippen LogP contribution in [0.25, 0.3) is 10.2 Å². The summed E-state index contributed by atoms with van der Waals surface area (Å²) in [7, 11) is 0. The smallest absolute Gasteiger partial charge is 0.332 e. The average molecular weight is 391 g/mol. The van der Waals surface area contributed by atoms with Gasteiger partial charge in [-0.3, -0.25) is 14.2 Å². The molecule has 1 saturated heterocycles. The van der Waals surface area contributed by atoms with Crippen LogP contribution in [0.3, 0.4) is 0 Å². The molecule has 27 heavy (non-hydrogen) atoms. The number of fused-ring (bicyclic) bond motifs is 3. The maximum Gasteiger partial charge on any atom is 0.332 e. The fourth-order valence-corrected chi connectivity index (χ4v) is 5.68. The number of nitrogens with zero attached hydrogens (tertiary/aromatic N) is 3. The molecule has 2 aromatic rings. The summed E-state index contributed by atoms with van der Waals surface area (Å²) in [6, 6.07) is 0. The SMILES string of the molecule is CC1CCc2sc3c(c2C1)c(=O)n(CC(=O)O)c(=O)n3CCN1CCCC1. The van der Waals surface area contributed by atoms with Crippen molar-refractivity contribution in [2.45, 2.75) is 52.1 Å². The molecule has 1 atom stereocenters. The number of hydrogen-bond donors (Lipinski definition) is 1. The van der Waals surface area contributed by atoms with Crippen LogP contribution in [-0.4, -0.2) is 44.7 Å². The van der Waals surface area contributed by atoms with Crippen molar-refractivity contribution in [3.63, 3.8) is 0 Å². The van der Waals surface area contributed by atoms with Crippen molar-refractivity contribution in [2.24, 2.45) is 5.92 Å². The molecule has 7 nitrogen and oxygen atoms in total. The molecular weight excluding hydrogens is 366 g/mol. The minimum atomic E-state index is -1.17. The second kappa shape index (κ2) is 7.24. The van der Waals surface area contributed by atoms with Gasteiger partial charge in [-0.05, 0) is 56.7 Å². The first-order valence-corrected chi connectivity index (χ1v) is 10.5. The Morgan fingerprint density at radius 3 is 2.63 bits per heavy atom. The monoisotopic (exact) mass is 391 g/mol. The zero-order valence-electron chi connectivity index (χ0n) is 15.6. The Balaban J connectivity index is 1.87. The zero-order chi connectivity index (χ0) is 19.1. The van der Waals surface area contributed by atoms with Gasteiger partial charge >= 0.3 is 11.7 Å². The van der Waals surface area contributed by atoms with Crippen LogP contribution in [0.4, 0.5) is 0 Å². The summed E-state index contributed by atoms with van der Waals surface area (Å²) in [6.07, 6.45) is 5.18. The van der Waals surface area contributed by atoms with Crippen LogP contribution in [0.5, 0.6) is 0 Å². The Labute approximate surface area is 160 Å². The highest BCUT2D eigenvalue weighted by molar-refractivity contribution is 7.18. The highest BCUT2D eigenvalue weighted by atomic mass is 32.1. The van der Waals surface area contributed by atoms with Crippen LogP contribution < -0.4 is 11.2 Å². The molecule has 2 aliphatic rings. The van der Waals surface area contributed by atoms with Gasteiger partial charge in [0, 0.05) is 18.0 Å². The predicted molar refractivity (Wildman–Crippen MR) is 105 cm³/mol. The second-order valence-corrected chi connectivity index (χ2v) is 8.88. The molecule has 0 amide bonds. The van der Waals surface area contributed by atoms with Crippen molar-refractivity contribution in [3.8, 4) is 0 Å². The van der Waals surface area contributed by atoms with E-state index in [0.717, 1.165) is 53.9 Å². The Morgan fingerprint density at radius 2 is 1.93 bits per heavy atom. The summed E-state index contributed by atoms with van der Waals surface area (Å²) in [4.78, 5) is 41.5. The summed E-state index contributed by atoms with van der Waals surface area (Å²) in [6.45, 7) is 4.89. The molecule has 2 aromatic heterocycles. The molecule has 146 valence electrons. The first-order chi connectivity index (χ1) is 13.0. The highest BCUT2D eigenvalue weighted by Gasteiger charge is 2.26. The van der Waals surface area contributed by atoms with Gasteiger partial charge in [0.1, 0.15) is 11.4 Å². The van der Waals surface area contributed by atoms with E-state index in [-0.39, 0.29) is 0 Å². The van der Waals surface area contributed by atoms with Gasteiger partial charge in [-0.15, -0.1) is 11.3 Å². The molecule has 1 aliphatic heterocycles. The van der Waals surface area contributed by atoms with Crippen molar-refractivity contribution in [1.29, 1.82) is 0 Å². The van der Waals surface area contributed by atoms with E-state index in [1.165, 1.54) is 17.7 Å². The number of carbonyl (C=O) groups is 1. The number of aromatic nitrogens is 2. The van der Waals surface area contributed by atoms with Crippen LogP contribution in [0.15, 0.2) is 9.59 Å². The van der Waals surface area contributed by atoms with Crippen LogP contribution >= 0.6 is 11.3 Å². The van der Waals surface area contributed by atoms with Gasteiger partial charge in [-0.25, -0.2) is 9.36 Å². The van der Waals surface area contributed by atoms with E-state index in [9.17, 15) is 19.5 Å². The number of carboxylic acid groups (broad SMARTS) is 1.